The molecule has 0 aromatic heterocycles. The van der Waals surface area contributed by atoms with Crippen LogP contribution in [0.5, 0.6) is 0 Å². The van der Waals surface area contributed by atoms with E-state index in [1.807, 2.05) is 13.5 Å². The zero-order valence-electron chi connectivity index (χ0n) is 41.9. The van der Waals surface area contributed by atoms with Crippen molar-refractivity contribution in [3.05, 3.63) is 0 Å². The molecule has 2 aliphatic heterocycles. The Bertz CT molecular complexity index is 1340. The largest absolute Gasteiger partial charge is 0.441 e. The molecule has 0 saturated carbocycles. The maximum Gasteiger partial charge on any atom is 0.317 e. The second-order valence-corrected chi connectivity index (χ2v) is 61.9. The van der Waals surface area contributed by atoms with Crippen molar-refractivity contribution in [2.75, 3.05) is 39.6 Å². The van der Waals surface area contributed by atoms with E-state index in [-0.39, 0.29) is 12.2 Å². The van der Waals surface area contributed by atoms with Gasteiger partial charge in [0.05, 0.1) is 26.4 Å². The van der Waals surface area contributed by atoms with Crippen LogP contribution in [0.4, 0.5) is 0 Å². The third-order valence-electron chi connectivity index (χ3n) is 8.91. The number of hydrogen-bond acceptors (Lipinski definition) is 15. The van der Waals surface area contributed by atoms with Crippen LogP contribution in [0.2, 0.25) is 148 Å². The van der Waals surface area contributed by atoms with Crippen molar-refractivity contribution in [3.63, 3.8) is 0 Å². The summed E-state index contributed by atoms with van der Waals surface area (Å²) in [5.41, 5.74) is 0.718. The van der Waals surface area contributed by atoms with E-state index in [9.17, 15) is 4.46 Å². The molecule has 2 saturated heterocycles. The normalized spacial score (nSPS) is 21.2. The third kappa shape index (κ3) is 28.1. The molecule has 0 bridgehead atoms. The Labute approximate surface area is 385 Å². The quantitative estimate of drug-likeness (QED) is 0.0341. The van der Waals surface area contributed by atoms with E-state index in [1.54, 1.807) is 0 Å². The van der Waals surface area contributed by atoms with E-state index in [0.29, 0.717) is 26.4 Å². The zero-order chi connectivity index (χ0) is 46.8. The van der Waals surface area contributed by atoms with Crippen LogP contribution in [0.15, 0.2) is 0 Å². The molecule has 61 heavy (non-hydrogen) atoms. The SMILES string of the molecule is CC[Si](=O)C[SiH](C)O[SiH](C)O[Si](C)(C)O[Si](C)(C)O[Si](C)(C)O[Si](C)(C)O[Si](C)(C)O[Si](C)(C)O[Si](C)(CCCOCC1CO1)O[Si](C)(CCCOCC1CO1)O[Si](C)(C)C. The molecule has 2 heterocycles. The first kappa shape index (κ1) is 59.0. The van der Waals surface area contributed by atoms with Gasteiger partial charge < -0.3 is 64.6 Å². The Balaban J connectivity index is 2.12. The highest BCUT2D eigenvalue weighted by Crippen LogP contribution is 2.34. The van der Waals surface area contributed by atoms with Gasteiger partial charge in [0.15, 0.2) is 17.4 Å². The number of rotatable bonds is 35. The van der Waals surface area contributed by atoms with Crippen LogP contribution in [0.25, 0.3) is 0 Å². The molecule has 27 heteroatoms. The Kier molecular flexibility index (Phi) is 23.6. The van der Waals surface area contributed by atoms with Gasteiger partial charge >= 0.3 is 68.5 Å². The fraction of sp³-hybridized carbons (Fsp3) is 1.00. The first-order chi connectivity index (χ1) is 27.6. The van der Waals surface area contributed by atoms with Crippen molar-refractivity contribution in [3.8, 4) is 0 Å². The Morgan fingerprint density at radius 3 is 1.26 bits per heavy atom. The zero-order valence-corrected chi connectivity index (χ0v) is 54.2. The van der Waals surface area contributed by atoms with Crippen LogP contribution in [0.1, 0.15) is 19.8 Å². The van der Waals surface area contributed by atoms with E-state index >= 15 is 0 Å². The Hall–Kier alpha value is 1.84. The highest BCUT2D eigenvalue weighted by molar-refractivity contribution is 6.93. The minimum absolute atomic E-state index is 0.224. The van der Waals surface area contributed by atoms with Gasteiger partial charge in [-0.3, -0.25) is 0 Å². The summed E-state index contributed by atoms with van der Waals surface area (Å²) in [5.74, 6) is 0. The van der Waals surface area contributed by atoms with E-state index in [2.05, 4.69) is 118 Å². The van der Waals surface area contributed by atoms with Crippen LogP contribution in [0.3, 0.4) is 0 Å². The Morgan fingerprint density at radius 1 is 0.541 bits per heavy atom. The summed E-state index contributed by atoms with van der Waals surface area (Å²) < 4.78 is 103. The fourth-order valence-corrected chi connectivity index (χ4v) is 63.8. The first-order valence-electron chi connectivity index (χ1n) is 22.4. The van der Waals surface area contributed by atoms with Crippen molar-refractivity contribution >= 4 is 104 Å². The van der Waals surface area contributed by atoms with Gasteiger partial charge in [0, 0.05) is 18.9 Å². The van der Waals surface area contributed by atoms with Crippen LogP contribution < -0.4 is 0 Å². The minimum atomic E-state index is -2.90. The van der Waals surface area contributed by atoms with Gasteiger partial charge in [0.1, 0.15) is 12.2 Å². The number of ether oxygens (including phenoxy) is 4. The van der Waals surface area contributed by atoms with Crippen LogP contribution in [0, 0.1) is 0 Å². The predicted octanol–water partition coefficient (Wildman–Crippen LogP) is 8.14. The molecule has 0 aromatic rings. The third-order valence-corrected chi connectivity index (χ3v) is 54.3. The molecule has 0 aromatic carbocycles. The molecule has 0 radical (unpaired) electrons. The van der Waals surface area contributed by atoms with Crippen molar-refractivity contribution in [2.45, 2.75) is 180 Å². The lowest BCUT2D eigenvalue weighted by molar-refractivity contribution is 0.114. The van der Waals surface area contributed by atoms with Gasteiger partial charge in [-0.2, -0.15) is 0 Å². The molecule has 2 rings (SSSR count). The van der Waals surface area contributed by atoms with Gasteiger partial charge in [-0.05, 0) is 155 Å². The molecule has 362 valence electrons. The highest BCUT2D eigenvalue weighted by Gasteiger charge is 2.52. The molecule has 15 nitrogen and oxygen atoms in total. The molecule has 6 unspecified atom stereocenters. The molecule has 2 fully saturated rings. The van der Waals surface area contributed by atoms with Crippen molar-refractivity contribution in [2.24, 2.45) is 0 Å². The second-order valence-electron chi connectivity index (χ2n) is 20.6. The maximum absolute atomic E-state index is 12.1. The average Bonchev–Trinajstić information content (AvgIpc) is 3.91. The summed E-state index contributed by atoms with van der Waals surface area (Å²) in [6, 6.07) is 2.29. The number of hydrogen-bond donors (Lipinski definition) is 0. The fourth-order valence-electron chi connectivity index (χ4n) is 7.97. The second kappa shape index (κ2) is 24.4. The summed E-state index contributed by atoms with van der Waals surface area (Å²) in [4.78, 5) is 0. The van der Waals surface area contributed by atoms with E-state index in [1.165, 1.54) is 0 Å². The van der Waals surface area contributed by atoms with Crippen LogP contribution in [-0.2, 0) is 64.6 Å². The lowest BCUT2D eigenvalue weighted by atomic mass is 10.5. The topological polar surface area (TPSA) is 153 Å². The summed E-state index contributed by atoms with van der Waals surface area (Å²) in [6.45, 7) is 46.1. The molecular weight excluding hydrogens is 985 g/mol. The van der Waals surface area contributed by atoms with Gasteiger partial charge in [-0.25, -0.2) is 0 Å². The summed E-state index contributed by atoms with van der Waals surface area (Å²) in [7, 11) is -29.2. The molecule has 0 aliphatic carbocycles. The molecule has 0 amide bonds. The number of epoxide rings is 2. The predicted molar refractivity (Wildman–Crippen MR) is 270 cm³/mol. The monoisotopic (exact) mass is 1070 g/mol. The van der Waals surface area contributed by atoms with Crippen molar-refractivity contribution in [1.29, 1.82) is 0 Å². The standard InChI is InChI=1S/C34H88O15Si12/c1-21-52(35)32-50(2)40-51(3)41-54(7,8)43-55(9,10)44-56(11,12)45-57(13,14)46-58(15,16)47-59(17,18)48-61(20,27-23-25-37-29-34-31-39-34)49-60(19,42-53(4,5)6)26-22-24-36-28-33-30-38-33/h33-34,50-51H,21-32H2,1-20H3. The molecule has 0 N–H and O–H groups in total. The molecule has 6 atom stereocenters. The maximum atomic E-state index is 12.1. The van der Waals surface area contributed by atoms with Gasteiger partial charge in [0.25, 0.3) is 18.0 Å². The summed E-state index contributed by atoms with van der Waals surface area (Å²) in [5, 5.41) is 0. The lowest BCUT2D eigenvalue weighted by Gasteiger charge is -2.45. The Morgan fingerprint density at radius 2 is 0.902 bits per heavy atom. The molecule has 2 aliphatic rings. The summed E-state index contributed by atoms with van der Waals surface area (Å²) >= 11 is 0. The van der Waals surface area contributed by atoms with Crippen LogP contribution >= 0.6 is 0 Å². The summed E-state index contributed by atoms with van der Waals surface area (Å²) in [6.07, 6.45) is 2.12. The first-order valence-corrected chi connectivity index (χ1v) is 54.1. The smallest absolute Gasteiger partial charge is 0.317 e. The van der Waals surface area contributed by atoms with Crippen molar-refractivity contribution in [1.82, 2.24) is 0 Å². The van der Waals surface area contributed by atoms with E-state index in [0.717, 1.165) is 49.9 Å². The van der Waals surface area contributed by atoms with E-state index in [4.69, 9.17) is 60.1 Å². The molecule has 0 spiro atoms. The van der Waals surface area contributed by atoms with Gasteiger partial charge in [0.2, 0.25) is 0 Å². The molecular formula is C34H88O15Si12. The van der Waals surface area contributed by atoms with Crippen LogP contribution in [-0.4, -0.2) is 156 Å². The van der Waals surface area contributed by atoms with Crippen molar-refractivity contribution < 1.29 is 64.6 Å². The minimum Gasteiger partial charge on any atom is -0.441 e. The van der Waals surface area contributed by atoms with Gasteiger partial charge in [-0.1, -0.05) is 6.92 Å². The highest BCUT2D eigenvalue weighted by atomic mass is 28.5. The average molecular weight is 1070 g/mol. The van der Waals surface area contributed by atoms with E-state index < -0.39 is 104 Å². The lowest BCUT2D eigenvalue weighted by Crippen LogP contribution is -2.63. The van der Waals surface area contributed by atoms with Gasteiger partial charge in [-0.15, -0.1) is 0 Å².